The molecule has 7 heteroatoms. The summed E-state index contributed by atoms with van der Waals surface area (Å²) >= 11 is 1.64. The summed E-state index contributed by atoms with van der Waals surface area (Å²) in [4.78, 5) is 38.4. The van der Waals surface area contributed by atoms with Crippen molar-refractivity contribution in [1.82, 2.24) is 10.2 Å². The number of ether oxygens (including phenoxy) is 1. The molecule has 1 aliphatic heterocycles. The molecule has 1 aliphatic rings. The van der Waals surface area contributed by atoms with Crippen molar-refractivity contribution in [2.45, 2.75) is 32.4 Å². The van der Waals surface area contributed by atoms with Crippen LogP contribution in [0.1, 0.15) is 30.6 Å². The summed E-state index contributed by atoms with van der Waals surface area (Å²) in [5, 5.41) is 2.83. The minimum absolute atomic E-state index is 0.140. The first-order valence-electron chi connectivity index (χ1n) is 8.42. The maximum Gasteiger partial charge on any atom is 0.329 e. The zero-order valence-corrected chi connectivity index (χ0v) is 15.4. The van der Waals surface area contributed by atoms with Crippen LogP contribution in [0.25, 0.3) is 0 Å². The van der Waals surface area contributed by atoms with Crippen LogP contribution in [0, 0.1) is 0 Å². The molecule has 0 saturated carbocycles. The van der Waals surface area contributed by atoms with Gasteiger partial charge in [-0.15, -0.1) is 0 Å². The van der Waals surface area contributed by atoms with Gasteiger partial charge in [0.2, 0.25) is 5.91 Å². The zero-order chi connectivity index (χ0) is 18.2. The van der Waals surface area contributed by atoms with Crippen molar-refractivity contribution in [2.24, 2.45) is 0 Å². The monoisotopic (exact) mass is 364 g/mol. The van der Waals surface area contributed by atoms with Gasteiger partial charge < -0.3 is 15.0 Å². The highest BCUT2D eigenvalue weighted by atomic mass is 32.2. The topological polar surface area (TPSA) is 75.7 Å². The predicted molar refractivity (Wildman–Crippen MR) is 97.4 cm³/mol. The summed E-state index contributed by atoms with van der Waals surface area (Å²) < 4.78 is 5.07. The maximum absolute atomic E-state index is 12.6. The van der Waals surface area contributed by atoms with Crippen molar-refractivity contribution >= 4 is 29.5 Å². The Morgan fingerprint density at radius 3 is 2.72 bits per heavy atom. The van der Waals surface area contributed by atoms with Crippen LogP contribution >= 0.6 is 11.8 Å². The van der Waals surface area contributed by atoms with Crippen molar-refractivity contribution < 1.29 is 19.1 Å². The third-order valence-corrected chi connectivity index (χ3v) is 4.92. The van der Waals surface area contributed by atoms with Crippen LogP contribution in [0.5, 0.6) is 0 Å². The maximum atomic E-state index is 12.6. The lowest BCUT2D eigenvalue weighted by atomic mass is 10.1. The van der Waals surface area contributed by atoms with Crippen LogP contribution in [0.3, 0.4) is 0 Å². The van der Waals surface area contributed by atoms with Gasteiger partial charge in [-0.3, -0.25) is 9.59 Å². The minimum atomic E-state index is -0.539. The van der Waals surface area contributed by atoms with Crippen LogP contribution < -0.4 is 5.32 Å². The summed E-state index contributed by atoms with van der Waals surface area (Å²) in [6, 6.07) is 8.01. The van der Waals surface area contributed by atoms with E-state index >= 15 is 0 Å². The van der Waals surface area contributed by atoms with Gasteiger partial charge in [0.05, 0.1) is 6.61 Å². The molecule has 1 N–H and O–H groups in total. The summed E-state index contributed by atoms with van der Waals surface area (Å²) in [5.74, 6) is 0.641. The molecule has 0 unspecified atom stereocenters. The van der Waals surface area contributed by atoms with Crippen LogP contribution in [0.2, 0.25) is 0 Å². The van der Waals surface area contributed by atoms with E-state index in [1.165, 1.54) is 0 Å². The Hall–Kier alpha value is -2.02. The summed E-state index contributed by atoms with van der Waals surface area (Å²) in [7, 11) is 0. The van der Waals surface area contributed by atoms with Crippen molar-refractivity contribution in [1.29, 1.82) is 0 Å². The van der Waals surface area contributed by atoms with Crippen molar-refractivity contribution in [3.63, 3.8) is 0 Å². The molecule has 1 aromatic carbocycles. The second-order valence-corrected chi connectivity index (χ2v) is 7.02. The number of rotatable bonds is 6. The lowest BCUT2D eigenvalue weighted by Gasteiger charge is -2.34. The van der Waals surface area contributed by atoms with Gasteiger partial charge in [-0.2, -0.15) is 11.8 Å². The van der Waals surface area contributed by atoms with E-state index in [-0.39, 0.29) is 30.2 Å². The van der Waals surface area contributed by atoms with E-state index in [4.69, 9.17) is 4.74 Å². The van der Waals surface area contributed by atoms with Crippen LogP contribution in [-0.4, -0.2) is 59.4 Å². The van der Waals surface area contributed by atoms with Crippen molar-refractivity contribution in [2.75, 3.05) is 24.7 Å². The van der Waals surface area contributed by atoms with Gasteiger partial charge in [-0.1, -0.05) is 18.2 Å². The zero-order valence-electron chi connectivity index (χ0n) is 14.6. The van der Waals surface area contributed by atoms with Crippen molar-refractivity contribution in [3.8, 4) is 0 Å². The van der Waals surface area contributed by atoms with E-state index in [1.807, 2.05) is 6.07 Å². The number of thioether (sulfide) groups is 1. The van der Waals surface area contributed by atoms with E-state index in [9.17, 15) is 14.4 Å². The number of nitrogens with one attached hydrogen (secondary N) is 1. The Kier molecular flexibility index (Phi) is 7.31. The number of hydrogen-bond donors (Lipinski definition) is 1. The number of nitrogens with zero attached hydrogens (tertiary/aromatic N) is 1. The smallest absolute Gasteiger partial charge is 0.329 e. The van der Waals surface area contributed by atoms with Crippen LogP contribution in [-0.2, 0) is 14.3 Å². The molecule has 25 heavy (non-hydrogen) atoms. The number of amides is 2. The Bertz CT molecular complexity index is 608. The summed E-state index contributed by atoms with van der Waals surface area (Å²) in [5.41, 5.74) is 0.556. The average Bonchev–Trinajstić information content (AvgIpc) is 2.62. The van der Waals surface area contributed by atoms with Gasteiger partial charge in [-0.05, 0) is 26.0 Å². The van der Waals surface area contributed by atoms with E-state index in [0.717, 1.165) is 5.75 Å². The standard InChI is InChI=1S/C18H24N2O4S/c1-3-24-18(23)15-12-25-10-9-20(15)16(21)11-13(2)19-17(22)14-7-5-4-6-8-14/h4-8,13,15H,3,9-12H2,1-2H3,(H,19,22)/t13-,15-/m1/s1. The van der Waals surface area contributed by atoms with Crippen molar-refractivity contribution in [3.05, 3.63) is 35.9 Å². The van der Waals surface area contributed by atoms with Gasteiger partial charge >= 0.3 is 5.97 Å². The fourth-order valence-corrected chi connectivity index (χ4v) is 3.69. The van der Waals surface area contributed by atoms with Gasteiger partial charge in [0.15, 0.2) is 0 Å². The minimum Gasteiger partial charge on any atom is -0.464 e. The largest absolute Gasteiger partial charge is 0.464 e. The molecule has 2 amide bonds. The normalized spacial score (nSPS) is 18.3. The number of hydrogen-bond acceptors (Lipinski definition) is 5. The van der Waals surface area contributed by atoms with Gasteiger partial charge in [0.25, 0.3) is 5.91 Å². The fourth-order valence-electron chi connectivity index (χ4n) is 2.66. The van der Waals surface area contributed by atoms with E-state index in [2.05, 4.69) is 5.32 Å². The molecular formula is C18H24N2O4S. The molecule has 0 aliphatic carbocycles. The Morgan fingerprint density at radius 2 is 2.04 bits per heavy atom. The molecule has 136 valence electrons. The number of carbonyl (C=O) groups excluding carboxylic acids is 3. The molecule has 1 aromatic rings. The first-order chi connectivity index (χ1) is 12.0. The van der Waals surface area contributed by atoms with E-state index in [0.29, 0.717) is 24.5 Å². The summed E-state index contributed by atoms with van der Waals surface area (Å²) in [6.07, 6.45) is 0.152. The van der Waals surface area contributed by atoms with Gasteiger partial charge in [0, 0.05) is 36.1 Å². The first kappa shape index (κ1) is 19.3. The molecule has 0 aromatic heterocycles. The molecular weight excluding hydrogens is 340 g/mol. The predicted octanol–water partition coefficient (Wildman–Crippen LogP) is 1.70. The second-order valence-electron chi connectivity index (χ2n) is 5.87. The number of esters is 1. The Morgan fingerprint density at radius 1 is 1.32 bits per heavy atom. The number of benzene rings is 1. The van der Waals surface area contributed by atoms with Crippen LogP contribution in [0.4, 0.5) is 0 Å². The quantitative estimate of drug-likeness (QED) is 0.778. The van der Waals surface area contributed by atoms with Gasteiger partial charge in [-0.25, -0.2) is 4.79 Å². The molecule has 1 heterocycles. The third kappa shape index (κ3) is 5.49. The average molecular weight is 364 g/mol. The molecule has 1 fully saturated rings. The van der Waals surface area contributed by atoms with E-state index < -0.39 is 6.04 Å². The molecule has 6 nitrogen and oxygen atoms in total. The SMILES string of the molecule is CCOC(=O)[C@H]1CSCCN1C(=O)C[C@@H](C)NC(=O)c1ccccc1. The first-order valence-corrected chi connectivity index (χ1v) is 9.58. The fraction of sp³-hybridized carbons (Fsp3) is 0.500. The lowest BCUT2D eigenvalue weighted by Crippen LogP contribution is -2.52. The molecule has 0 radical (unpaired) electrons. The summed E-state index contributed by atoms with van der Waals surface area (Å²) in [6.45, 7) is 4.36. The molecule has 0 spiro atoms. The third-order valence-electron chi connectivity index (χ3n) is 3.90. The second kappa shape index (κ2) is 9.46. The van der Waals surface area contributed by atoms with Crippen LogP contribution in [0.15, 0.2) is 30.3 Å². The molecule has 2 rings (SSSR count). The highest BCUT2D eigenvalue weighted by Gasteiger charge is 2.34. The molecule has 2 atom stereocenters. The highest BCUT2D eigenvalue weighted by molar-refractivity contribution is 7.99. The van der Waals surface area contributed by atoms with E-state index in [1.54, 1.807) is 54.8 Å². The van der Waals surface area contributed by atoms with Gasteiger partial charge in [0.1, 0.15) is 6.04 Å². The lowest BCUT2D eigenvalue weighted by molar-refractivity contribution is -0.154. The molecule has 1 saturated heterocycles. The number of carbonyl (C=O) groups is 3. The Labute approximate surface area is 152 Å². The Balaban J connectivity index is 1.92. The molecule has 0 bridgehead atoms. The highest BCUT2D eigenvalue weighted by Crippen LogP contribution is 2.19.